The van der Waals surface area contributed by atoms with Crippen LogP contribution >= 0.6 is 11.3 Å². The fourth-order valence-corrected chi connectivity index (χ4v) is 2.78. The van der Waals surface area contributed by atoms with Gasteiger partial charge in [0.15, 0.2) is 5.13 Å². The van der Waals surface area contributed by atoms with E-state index < -0.39 is 0 Å². The van der Waals surface area contributed by atoms with Crippen molar-refractivity contribution < 1.29 is 0 Å². The third-order valence-corrected chi connectivity index (χ3v) is 4.23. The lowest BCUT2D eigenvalue weighted by atomic mass is 10.1. The molecule has 1 aliphatic heterocycles. The molecule has 96 valence electrons. The van der Waals surface area contributed by atoms with E-state index >= 15 is 0 Å². The van der Waals surface area contributed by atoms with Crippen molar-refractivity contribution in [3.63, 3.8) is 0 Å². The lowest BCUT2D eigenvalue weighted by Crippen LogP contribution is -2.47. The fraction of sp³-hybridized carbons (Fsp3) is 0.750. The zero-order valence-electron chi connectivity index (χ0n) is 10.5. The van der Waals surface area contributed by atoms with Crippen molar-refractivity contribution in [2.24, 2.45) is 5.73 Å². The second-order valence-corrected chi connectivity index (χ2v) is 5.47. The van der Waals surface area contributed by atoms with Gasteiger partial charge in [-0.15, -0.1) is 11.3 Å². The maximum absolute atomic E-state index is 5.95. The highest BCUT2D eigenvalue weighted by Gasteiger charge is 2.18. The number of rotatable bonds is 5. The fourth-order valence-electron chi connectivity index (χ4n) is 2.09. The van der Waals surface area contributed by atoms with E-state index in [4.69, 9.17) is 5.73 Å². The summed E-state index contributed by atoms with van der Waals surface area (Å²) in [5.41, 5.74) is 5.95. The monoisotopic (exact) mass is 254 g/mol. The van der Waals surface area contributed by atoms with E-state index in [1.807, 2.05) is 11.6 Å². The predicted octanol–water partition coefficient (Wildman–Crippen LogP) is 1.39. The highest BCUT2D eigenvalue weighted by molar-refractivity contribution is 7.13. The van der Waals surface area contributed by atoms with Crippen molar-refractivity contribution >= 4 is 16.5 Å². The van der Waals surface area contributed by atoms with E-state index in [1.54, 1.807) is 11.3 Å². The van der Waals surface area contributed by atoms with Crippen molar-refractivity contribution in [2.75, 3.05) is 37.6 Å². The molecule has 0 aliphatic carbocycles. The zero-order chi connectivity index (χ0) is 12.1. The number of anilines is 1. The van der Waals surface area contributed by atoms with E-state index in [1.165, 1.54) is 0 Å². The van der Waals surface area contributed by atoms with Gasteiger partial charge in [-0.2, -0.15) is 0 Å². The van der Waals surface area contributed by atoms with Gasteiger partial charge in [0, 0.05) is 43.8 Å². The molecule has 0 radical (unpaired) electrons. The van der Waals surface area contributed by atoms with Gasteiger partial charge in [0.25, 0.3) is 0 Å². The molecule has 1 unspecified atom stereocenters. The molecule has 2 rings (SSSR count). The van der Waals surface area contributed by atoms with Gasteiger partial charge in [0.1, 0.15) is 0 Å². The van der Waals surface area contributed by atoms with Crippen LogP contribution in [0.2, 0.25) is 0 Å². The number of nitrogens with zero attached hydrogens (tertiary/aromatic N) is 3. The van der Waals surface area contributed by atoms with Gasteiger partial charge in [-0.1, -0.05) is 6.92 Å². The van der Waals surface area contributed by atoms with Crippen molar-refractivity contribution in [3.8, 4) is 0 Å². The molecule has 4 nitrogen and oxygen atoms in total. The summed E-state index contributed by atoms with van der Waals surface area (Å²) in [7, 11) is 0. The topological polar surface area (TPSA) is 45.4 Å². The van der Waals surface area contributed by atoms with Crippen LogP contribution in [0, 0.1) is 0 Å². The van der Waals surface area contributed by atoms with Crippen LogP contribution in [-0.4, -0.2) is 48.6 Å². The molecule has 0 aromatic carbocycles. The lowest BCUT2D eigenvalue weighted by Gasteiger charge is -2.34. The highest BCUT2D eigenvalue weighted by Crippen LogP contribution is 2.18. The number of hydrogen-bond donors (Lipinski definition) is 1. The average molecular weight is 254 g/mol. The minimum absolute atomic E-state index is 0.368. The van der Waals surface area contributed by atoms with Gasteiger partial charge in [-0.25, -0.2) is 4.98 Å². The largest absolute Gasteiger partial charge is 0.346 e. The smallest absolute Gasteiger partial charge is 0.185 e. The Labute approximate surface area is 107 Å². The molecule has 2 N–H and O–H groups in total. The first-order valence-corrected chi connectivity index (χ1v) is 7.30. The van der Waals surface area contributed by atoms with Crippen LogP contribution in [0.3, 0.4) is 0 Å². The number of nitrogens with two attached hydrogens (primary N) is 1. The van der Waals surface area contributed by atoms with Crippen LogP contribution in [0.5, 0.6) is 0 Å². The van der Waals surface area contributed by atoms with E-state index in [2.05, 4.69) is 21.7 Å². The molecule has 1 fully saturated rings. The minimum atomic E-state index is 0.368. The second kappa shape index (κ2) is 6.33. The van der Waals surface area contributed by atoms with Crippen LogP contribution in [0.25, 0.3) is 0 Å². The average Bonchev–Trinajstić information content (AvgIpc) is 2.90. The summed E-state index contributed by atoms with van der Waals surface area (Å²) in [5, 5.41) is 3.21. The van der Waals surface area contributed by atoms with Crippen molar-refractivity contribution in [2.45, 2.75) is 25.8 Å². The predicted molar refractivity (Wildman–Crippen MR) is 73.7 cm³/mol. The van der Waals surface area contributed by atoms with Crippen LogP contribution < -0.4 is 10.6 Å². The first-order chi connectivity index (χ1) is 8.29. The zero-order valence-corrected chi connectivity index (χ0v) is 11.3. The Morgan fingerprint density at radius 3 is 2.76 bits per heavy atom. The Kier molecular flexibility index (Phi) is 4.76. The van der Waals surface area contributed by atoms with Crippen LogP contribution in [-0.2, 0) is 0 Å². The third-order valence-electron chi connectivity index (χ3n) is 3.40. The molecule has 2 heterocycles. The van der Waals surface area contributed by atoms with Gasteiger partial charge in [0.2, 0.25) is 0 Å². The van der Waals surface area contributed by atoms with Gasteiger partial charge in [-0.05, 0) is 19.4 Å². The maximum Gasteiger partial charge on any atom is 0.185 e. The molecule has 1 aliphatic rings. The third kappa shape index (κ3) is 3.66. The standard InChI is InChI=1S/C12H22N4S/c1-2-11(13)3-5-15-6-8-16(9-7-15)12-14-4-10-17-12/h4,10-11H,2-3,5-9,13H2,1H3. The first-order valence-electron chi connectivity index (χ1n) is 6.42. The number of hydrogen-bond acceptors (Lipinski definition) is 5. The summed E-state index contributed by atoms with van der Waals surface area (Å²) in [6.07, 6.45) is 4.08. The summed E-state index contributed by atoms with van der Waals surface area (Å²) >= 11 is 1.73. The van der Waals surface area contributed by atoms with Crippen LogP contribution in [0.4, 0.5) is 5.13 Å². The highest BCUT2D eigenvalue weighted by atomic mass is 32.1. The van der Waals surface area contributed by atoms with Crippen LogP contribution in [0.1, 0.15) is 19.8 Å². The van der Waals surface area contributed by atoms with E-state index in [0.717, 1.165) is 50.7 Å². The lowest BCUT2D eigenvalue weighted by molar-refractivity contribution is 0.247. The molecule has 0 bridgehead atoms. The molecule has 1 aromatic rings. The van der Waals surface area contributed by atoms with Gasteiger partial charge >= 0.3 is 0 Å². The minimum Gasteiger partial charge on any atom is -0.346 e. The molecule has 0 spiro atoms. The molecular weight excluding hydrogens is 232 g/mol. The summed E-state index contributed by atoms with van der Waals surface area (Å²) in [5.74, 6) is 0. The van der Waals surface area contributed by atoms with Crippen molar-refractivity contribution in [3.05, 3.63) is 11.6 Å². The quantitative estimate of drug-likeness (QED) is 0.862. The summed E-state index contributed by atoms with van der Waals surface area (Å²) in [4.78, 5) is 9.25. The molecule has 1 aromatic heterocycles. The molecule has 17 heavy (non-hydrogen) atoms. The Hall–Kier alpha value is -0.650. The van der Waals surface area contributed by atoms with Crippen molar-refractivity contribution in [1.29, 1.82) is 0 Å². The molecule has 5 heteroatoms. The molecule has 0 amide bonds. The summed E-state index contributed by atoms with van der Waals surface area (Å²) in [6, 6.07) is 0.368. The Balaban J connectivity index is 1.71. The maximum atomic E-state index is 5.95. The number of aromatic nitrogens is 1. The molecule has 1 atom stereocenters. The van der Waals surface area contributed by atoms with E-state index in [9.17, 15) is 0 Å². The summed E-state index contributed by atoms with van der Waals surface area (Å²) < 4.78 is 0. The van der Waals surface area contributed by atoms with Gasteiger partial charge in [-0.3, -0.25) is 4.90 Å². The Bertz CT molecular complexity index is 306. The summed E-state index contributed by atoms with van der Waals surface area (Å²) in [6.45, 7) is 7.75. The Morgan fingerprint density at radius 1 is 1.41 bits per heavy atom. The van der Waals surface area contributed by atoms with Gasteiger partial charge in [0.05, 0.1) is 0 Å². The van der Waals surface area contributed by atoms with Gasteiger partial charge < -0.3 is 10.6 Å². The normalized spacial score (nSPS) is 19.5. The molecule has 0 saturated carbocycles. The Morgan fingerprint density at radius 2 is 2.18 bits per heavy atom. The second-order valence-electron chi connectivity index (χ2n) is 4.60. The SMILES string of the molecule is CCC(N)CCN1CCN(c2nccs2)CC1. The number of thiazole rings is 1. The van der Waals surface area contributed by atoms with E-state index in [-0.39, 0.29) is 0 Å². The van der Waals surface area contributed by atoms with Crippen molar-refractivity contribution in [1.82, 2.24) is 9.88 Å². The molecule has 1 saturated heterocycles. The van der Waals surface area contributed by atoms with Crippen LogP contribution in [0.15, 0.2) is 11.6 Å². The number of piperazine rings is 1. The first kappa shape index (κ1) is 12.8. The van der Waals surface area contributed by atoms with E-state index in [0.29, 0.717) is 6.04 Å². The molecular formula is C12H22N4S.